The van der Waals surface area contributed by atoms with Crippen LogP contribution in [-0.2, 0) is 57.3 Å². The summed E-state index contributed by atoms with van der Waals surface area (Å²) in [6.07, 6.45) is 19.0. The molecule has 7 amide bonds. The van der Waals surface area contributed by atoms with Crippen molar-refractivity contribution < 1.29 is 62.4 Å². The molecule has 400 valence electrons. The molecule has 2 atom stereocenters. The van der Waals surface area contributed by atoms with Crippen molar-refractivity contribution in [2.24, 2.45) is 5.73 Å². The SMILES string of the molecule is NC(=O)C(CCCCNC(=O)CCOCCOCCNC(=O)CCOCCOCCNC(=O)[C@H](CCCNC(=O)CBr)NC(=O)CBr)NC(=O)CCCCCCCCCCCCCCCCC(=O)O. The van der Waals surface area contributed by atoms with Gasteiger partial charge in [0.05, 0.1) is 63.5 Å². The molecular formula is C47H85Br2N7O13. The Morgan fingerprint density at radius 2 is 0.797 bits per heavy atom. The Morgan fingerprint density at radius 1 is 0.391 bits per heavy atom. The van der Waals surface area contributed by atoms with Crippen LogP contribution in [0.1, 0.15) is 148 Å². The second-order valence-corrected chi connectivity index (χ2v) is 17.8. The number of primary amides is 1. The Labute approximate surface area is 426 Å². The van der Waals surface area contributed by atoms with E-state index in [0.29, 0.717) is 78.0 Å². The second kappa shape index (κ2) is 48.2. The van der Waals surface area contributed by atoms with E-state index in [0.717, 1.165) is 44.9 Å². The van der Waals surface area contributed by atoms with E-state index < -0.39 is 24.0 Å². The van der Waals surface area contributed by atoms with E-state index in [1.54, 1.807) is 0 Å². The zero-order valence-electron chi connectivity index (χ0n) is 41.0. The molecule has 0 aromatic heterocycles. The molecule has 0 aromatic carbocycles. The van der Waals surface area contributed by atoms with E-state index in [-0.39, 0.29) is 105 Å². The van der Waals surface area contributed by atoms with Crippen LogP contribution in [0.25, 0.3) is 0 Å². The summed E-state index contributed by atoms with van der Waals surface area (Å²) >= 11 is 6.14. The summed E-state index contributed by atoms with van der Waals surface area (Å²) in [6, 6.07) is -1.47. The highest BCUT2D eigenvalue weighted by Crippen LogP contribution is 2.14. The van der Waals surface area contributed by atoms with Gasteiger partial charge in [-0.15, -0.1) is 0 Å². The van der Waals surface area contributed by atoms with Gasteiger partial charge < -0.3 is 61.7 Å². The molecule has 0 aliphatic rings. The lowest BCUT2D eigenvalue weighted by molar-refractivity contribution is -0.137. The number of carboxylic acid groups (broad SMARTS) is 1. The van der Waals surface area contributed by atoms with Crippen LogP contribution in [0.15, 0.2) is 0 Å². The third kappa shape index (κ3) is 45.5. The Kier molecular flexibility index (Phi) is 45.8. The zero-order valence-corrected chi connectivity index (χ0v) is 44.2. The van der Waals surface area contributed by atoms with Gasteiger partial charge in [-0.05, 0) is 44.9 Å². The summed E-state index contributed by atoms with van der Waals surface area (Å²) in [5, 5.41) is 25.3. The summed E-state index contributed by atoms with van der Waals surface area (Å²) in [4.78, 5) is 94.8. The summed E-state index contributed by atoms with van der Waals surface area (Å²) in [5.74, 6) is -2.61. The third-order valence-electron chi connectivity index (χ3n) is 10.7. The molecule has 0 radical (unpaired) electrons. The number of carboxylic acids is 1. The standard InChI is InChI=1S/C47H85Br2N7O13/c48-36-43(60)52-25-17-19-39(56-44(61)37-49)47(65)54-27-31-69-35-33-67-29-23-41(58)53-26-30-68-34-32-66-28-22-40(57)51-24-16-15-18-38(46(50)64)55-42(59)20-13-11-9-7-5-3-1-2-4-6-8-10-12-14-21-45(62)63/h38-39H,1-37H2,(H2,50,64)(H,51,57)(H,52,60)(H,53,58)(H,54,65)(H,55,59)(H,56,61)(H,62,63)/t38?,39-/m0/s1. The van der Waals surface area contributed by atoms with Crippen molar-refractivity contribution in [3.05, 3.63) is 0 Å². The van der Waals surface area contributed by atoms with Crippen molar-refractivity contribution in [3.63, 3.8) is 0 Å². The van der Waals surface area contributed by atoms with Crippen molar-refractivity contribution in [2.45, 2.75) is 160 Å². The summed E-state index contributed by atoms with van der Waals surface area (Å²) in [7, 11) is 0. The number of hydrogen-bond donors (Lipinski definition) is 8. The monoisotopic (exact) mass is 1110 g/mol. The first-order chi connectivity index (χ1) is 33.4. The second-order valence-electron chi connectivity index (χ2n) is 16.7. The number of amides is 7. The number of aliphatic carboxylic acids is 1. The van der Waals surface area contributed by atoms with Gasteiger partial charge in [-0.2, -0.15) is 0 Å². The molecule has 0 rings (SSSR count). The third-order valence-corrected chi connectivity index (χ3v) is 11.7. The molecule has 0 aliphatic heterocycles. The summed E-state index contributed by atoms with van der Waals surface area (Å²) in [6.45, 7) is 3.48. The molecule has 0 heterocycles. The number of halogens is 2. The number of nitrogens with one attached hydrogen (secondary N) is 6. The van der Waals surface area contributed by atoms with Crippen molar-refractivity contribution in [1.82, 2.24) is 31.9 Å². The van der Waals surface area contributed by atoms with Gasteiger partial charge in [-0.3, -0.25) is 38.4 Å². The maximum Gasteiger partial charge on any atom is 0.303 e. The fourth-order valence-electron chi connectivity index (χ4n) is 6.80. The number of carbonyl (C=O) groups is 8. The Morgan fingerprint density at radius 3 is 1.29 bits per heavy atom. The lowest BCUT2D eigenvalue weighted by atomic mass is 10.0. The Bertz CT molecular complexity index is 1400. The number of hydrogen-bond acceptors (Lipinski definition) is 12. The zero-order chi connectivity index (χ0) is 51.0. The maximum atomic E-state index is 12.6. The van der Waals surface area contributed by atoms with Crippen LogP contribution >= 0.6 is 31.9 Å². The molecule has 0 fully saturated rings. The van der Waals surface area contributed by atoms with Crippen LogP contribution in [0.2, 0.25) is 0 Å². The van der Waals surface area contributed by atoms with Gasteiger partial charge in [0, 0.05) is 51.9 Å². The van der Waals surface area contributed by atoms with Crippen LogP contribution in [-0.4, -0.2) is 154 Å². The topological polar surface area (TPSA) is 292 Å². The minimum Gasteiger partial charge on any atom is -0.481 e. The smallest absolute Gasteiger partial charge is 0.303 e. The van der Waals surface area contributed by atoms with Crippen LogP contribution in [0.4, 0.5) is 0 Å². The molecule has 9 N–H and O–H groups in total. The van der Waals surface area contributed by atoms with E-state index in [1.165, 1.54) is 44.9 Å². The number of unbranched alkanes of at least 4 members (excludes halogenated alkanes) is 14. The minimum absolute atomic E-state index is 0.0624. The quantitative estimate of drug-likeness (QED) is 0.0318. The van der Waals surface area contributed by atoms with Crippen LogP contribution in [0.3, 0.4) is 0 Å². The van der Waals surface area contributed by atoms with Crippen molar-refractivity contribution in [1.29, 1.82) is 0 Å². The molecule has 0 spiro atoms. The van der Waals surface area contributed by atoms with Gasteiger partial charge in [0.1, 0.15) is 12.1 Å². The van der Waals surface area contributed by atoms with Crippen LogP contribution in [0.5, 0.6) is 0 Å². The molecule has 1 unspecified atom stereocenters. The van der Waals surface area contributed by atoms with Gasteiger partial charge in [0.15, 0.2) is 0 Å². The normalized spacial score (nSPS) is 11.9. The highest BCUT2D eigenvalue weighted by Gasteiger charge is 2.20. The van der Waals surface area contributed by atoms with E-state index in [2.05, 4.69) is 63.8 Å². The lowest BCUT2D eigenvalue weighted by Gasteiger charge is -2.18. The largest absolute Gasteiger partial charge is 0.481 e. The van der Waals surface area contributed by atoms with E-state index in [4.69, 9.17) is 29.8 Å². The highest BCUT2D eigenvalue weighted by molar-refractivity contribution is 9.09. The number of carbonyl (C=O) groups excluding carboxylic acids is 7. The molecule has 0 aromatic rings. The molecule has 0 aliphatic carbocycles. The molecule has 20 nitrogen and oxygen atoms in total. The maximum absolute atomic E-state index is 12.6. The molecule has 0 bridgehead atoms. The fourth-order valence-corrected chi connectivity index (χ4v) is 7.16. The van der Waals surface area contributed by atoms with Crippen LogP contribution in [0, 0.1) is 0 Å². The van der Waals surface area contributed by atoms with Gasteiger partial charge in [0.25, 0.3) is 0 Å². The first kappa shape index (κ1) is 65.6. The fraction of sp³-hybridized carbons (Fsp3) is 0.830. The number of ether oxygens (including phenoxy) is 4. The molecule has 69 heavy (non-hydrogen) atoms. The van der Waals surface area contributed by atoms with Gasteiger partial charge >= 0.3 is 5.97 Å². The predicted octanol–water partition coefficient (Wildman–Crippen LogP) is 3.82. The number of alkyl halides is 2. The predicted molar refractivity (Wildman–Crippen MR) is 270 cm³/mol. The van der Waals surface area contributed by atoms with Gasteiger partial charge in [0.2, 0.25) is 41.4 Å². The summed E-state index contributed by atoms with van der Waals surface area (Å²) in [5.41, 5.74) is 5.53. The molecule has 0 saturated carbocycles. The summed E-state index contributed by atoms with van der Waals surface area (Å²) < 4.78 is 21.8. The van der Waals surface area contributed by atoms with E-state index >= 15 is 0 Å². The Balaban J connectivity index is 3.71. The van der Waals surface area contributed by atoms with Crippen molar-refractivity contribution >= 4 is 79.2 Å². The van der Waals surface area contributed by atoms with E-state index in [9.17, 15) is 38.4 Å². The number of nitrogens with two attached hydrogens (primary N) is 1. The number of rotatable bonds is 50. The van der Waals surface area contributed by atoms with E-state index in [1.807, 2.05) is 0 Å². The first-order valence-corrected chi connectivity index (χ1v) is 27.2. The average molecular weight is 1120 g/mol. The van der Waals surface area contributed by atoms with Gasteiger partial charge in [-0.1, -0.05) is 109 Å². The molecular weight excluding hydrogens is 1030 g/mol. The highest BCUT2D eigenvalue weighted by atomic mass is 79.9. The first-order valence-electron chi connectivity index (χ1n) is 25.0. The molecule has 22 heteroatoms. The lowest BCUT2D eigenvalue weighted by Crippen LogP contribution is -2.48. The minimum atomic E-state index is -0.739. The average Bonchev–Trinajstić information content (AvgIpc) is 3.32. The molecule has 0 saturated heterocycles. The van der Waals surface area contributed by atoms with Crippen molar-refractivity contribution in [3.8, 4) is 0 Å². The van der Waals surface area contributed by atoms with Crippen LogP contribution < -0.4 is 37.6 Å². The Hall–Kier alpha value is -3.44. The van der Waals surface area contributed by atoms with Crippen molar-refractivity contribution in [2.75, 3.05) is 89.7 Å². The van der Waals surface area contributed by atoms with Gasteiger partial charge in [-0.25, -0.2) is 0 Å².